The molecular formula is C31H28P2. The summed E-state index contributed by atoms with van der Waals surface area (Å²) in [5, 5.41) is 6.08. The summed E-state index contributed by atoms with van der Waals surface area (Å²) in [5.41, 5.74) is 1.32. The van der Waals surface area contributed by atoms with Crippen LogP contribution in [0, 0.1) is 11.8 Å². The first-order valence-electron chi connectivity index (χ1n) is 11.9. The number of benzene rings is 4. The monoisotopic (exact) mass is 462 g/mol. The molecule has 4 atom stereocenters. The van der Waals surface area contributed by atoms with Gasteiger partial charge in [-0.25, -0.2) is 0 Å². The summed E-state index contributed by atoms with van der Waals surface area (Å²) in [6.07, 6.45) is 6.42. The summed E-state index contributed by atoms with van der Waals surface area (Å²) in [6.45, 7) is 0. The molecule has 0 heterocycles. The molecule has 2 heteroatoms. The smallest absolute Gasteiger partial charge is 0.00137 e. The summed E-state index contributed by atoms with van der Waals surface area (Å²) < 4.78 is 0. The first-order chi connectivity index (χ1) is 16.4. The predicted molar refractivity (Wildman–Crippen MR) is 146 cm³/mol. The van der Waals surface area contributed by atoms with Crippen molar-refractivity contribution in [2.75, 3.05) is 0 Å². The van der Waals surface area contributed by atoms with Gasteiger partial charge in [-0.2, -0.15) is 0 Å². The minimum absolute atomic E-state index is 0.454. The van der Waals surface area contributed by atoms with Crippen molar-refractivity contribution in [3.8, 4) is 0 Å². The van der Waals surface area contributed by atoms with Gasteiger partial charge in [0, 0.05) is 11.3 Å². The van der Waals surface area contributed by atoms with Crippen LogP contribution < -0.4 is 21.2 Å². The van der Waals surface area contributed by atoms with E-state index in [2.05, 4.69) is 133 Å². The molecule has 33 heavy (non-hydrogen) atoms. The van der Waals surface area contributed by atoms with Crippen molar-refractivity contribution < 1.29 is 0 Å². The van der Waals surface area contributed by atoms with Crippen LogP contribution in [-0.4, -0.2) is 11.3 Å². The van der Waals surface area contributed by atoms with E-state index in [4.69, 9.17) is 0 Å². The van der Waals surface area contributed by atoms with Crippen molar-refractivity contribution in [1.29, 1.82) is 0 Å². The molecule has 2 aliphatic rings. The lowest BCUT2D eigenvalue weighted by Gasteiger charge is -2.40. The van der Waals surface area contributed by atoms with E-state index in [0.29, 0.717) is 23.2 Å². The molecule has 4 aromatic carbocycles. The second-order valence-corrected chi connectivity index (χ2v) is 13.7. The van der Waals surface area contributed by atoms with Gasteiger partial charge in [0.2, 0.25) is 0 Å². The molecule has 0 amide bonds. The minimum Gasteiger partial charge on any atom is -0.0844 e. The van der Waals surface area contributed by atoms with Gasteiger partial charge in [-0.05, 0) is 55.3 Å². The summed E-state index contributed by atoms with van der Waals surface area (Å²) in [7, 11) is -0.909. The topological polar surface area (TPSA) is 0 Å². The number of allylic oxidation sites excluding steroid dienone is 2. The van der Waals surface area contributed by atoms with Crippen LogP contribution in [0.3, 0.4) is 0 Å². The highest BCUT2D eigenvalue weighted by molar-refractivity contribution is 7.77. The maximum absolute atomic E-state index is 2.55. The molecule has 0 aromatic heterocycles. The zero-order valence-corrected chi connectivity index (χ0v) is 20.4. The third kappa shape index (κ3) is 4.01. The number of hydrogen-bond acceptors (Lipinski definition) is 0. The molecule has 0 N–H and O–H groups in total. The van der Waals surface area contributed by atoms with Crippen molar-refractivity contribution in [3.63, 3.8) is 0 Å². The lowest BCUT2D eigenvalue weighted by Crippen LogP contribution is -2.37. The lowest BCUT2D eigenvalue weighted by atomic mass is 10.1. The molecule has 0 radical (unpaired) electrons. The van der Waals surface area contributed by atoms with Crippen molar-refractivity contribution >= 4 is 37.1 Å². The van der Waals surface area contributed by atoms with Gasteiger partial charge in [0.15, 0.2) is 0 Å². The third-order valence-corrected chi connectivity index (χ3v) is 13.4. The van der Waals surface area contributed by atoms with Crippen LogP contribution in [0.25, 0.3) is 0 Å². The van der Waals surface area contributed by atoms with Crippen molar-refractivity contribution in [1.82, 2.24) is 0 Å². The van der Waals surface area contributed by atoms with Gasteiger partial charge >= 0.3 is 0 Å². The van der Waals surface area contributed by atoms with Gasteiger partial charge in [-0.1, -0.05) is 133 Å². The Balaban J connectivity index is 1.52. The van der Waals surface area contributed by atoms with E-state index in [1.807, 2.05) is 0 Å². The quantitative estimate of drug-likeness (QED) is 0.237. The highest BCUT2D eigenvalue weighted by atomic mass is 31.1. The highest BCUT2D eigenvalue weighted by Gasteiger charge is 2.51. The van der Waals surface area contributed by atoms with Gasteiger partial charge in [-0.3, -0.25) is 0 Å². The number of fused-ring (bicyclic) bond motifs is 2. The van der Waals surface area contributed by atoms with Gasteiger partial charge < -0.3 is 0 Å². The Bertz CT molecular complexity index is 1030. The SMILES string of the molecule is C1=C[C@H]2C[C@@H]1[C@H](P(c1ccccc1)c1ccccc1)C2P(c1ccccc1)c1ccccc1. The van der Waals surface area contributed by atoms with Crippen LogP contribution in [0.5, 0.6) is 0 Å². The molecule has 0 saturated heterocycles. The van der Waals surface area contributed by atoms with E-state index in [-0.39, 0.29) is 0 Å². The zero-order chi connectivity index (χ0) is 22.0. The van der Waals surface area contributed by atoms with E-state index in [1.165, 1.54) is 27.6 Å². The molecule has 0 aliphatic heterocycles. The van der Waals surface area contributed by atoms with Crippen molar-refractivity contribution in [3.05, 3.63) is 133 Å². The van der Waals surface area contributed by atoms with Crippen molar-refractivity contribution in [2.45, 2.75) is 17.7 Å². The fourth-order valence-electron chi connectivity index (χ4n) is 5.80. The van der Waals surface area contributed by atoms with Gasteiger partial charge in [0.25, 0.3) is 0 Å². The maximum atomic E-state index is 2.55. The van der Waals surface area contributed by atoms with E-state index < -0.39 is 15.8 Å². The largest absolute Gasteiger partial charge is 0.0844 e. The van der Waals surface area contributed by atoms with Crippen molar-refractivity contribution in [2.24, 2.45) is 11.8 Å². The molecule has 2 aliphatic carbocycles. The fourth-order valence-corrected chi connectivity index (χ4v) is 12.8. The highest BCUT2D eigenvalue weighted by Crippen LogP contribution is 2.64. The average Bonchev–Trinajstić information content (AvgIpc) is 3.50. The summed E-state index contributed by atoms with van der Waals surface area (Å²) >= 11 is 0. The second-order valence-electron chi connectivity index (χ2n) is 9.01. The van der Waals surface area contributed by atoms with Crippen LogP contribution in [0.1, 0.15) is 6.42 Å². The van der Waals surface area contributed by atoms with Crippen LogP contribution in [0.4, 0.5) is 0 Å². The van der Waals surface area contributed by atoms with E-state index >= 15 is 0 Å². The maximum Gasteiger partial charge on any atom is 0.00137 e. The first kappa shape index (κ1) is 21.0. The Morgan fingerprint density at radius 2 is 0.667 bits per heavy atom. The number of rotatable bonds is 6. The standard InChI is InChI=1S/C31H28P2/c1-5-13-26(14-6-1)32(27-15-7-2-8-16-27)30-24-21-22-25(23-24)31(30)33(28-17-9-3-10-18-28)29-19-11-4-12-20-29/h1-22,24-25,30-31H,23H2/t24-,25+,30+,31?/m1/s1. The minimum atomic E-state index is -0.454. The Morgan fingerprint density at radius 1 is 0.394 bits per heavy atom. The first-order valence-corrected chi connectivity index (χ1v) is 14.7. The summed E-state index contributed by atoms with van der Waals surface area (Å²) in [4.78, 5) is 0. The van der Waals surface area contributed by atoms with E-state index in [9.17, 15) is 0 Å². The Morgan fingerprint density at radius 3 is 0.939 bits per heavy atom. The lowest BCUT2D eigenvalue weighted by molar-refractivity contribution is 0.695. The average molecular weight is 463 g/mol. The second kappa shape index (κ2) is 9.38. The third-order valence-electron chi connectivity index (χ3n) is 7.11. The molecule has 1 fully saturated rings. The van der Waals surface area contributed by atoms with Crippen LogP contribution in [0.2, 0.25) is 0 Å². The normalized spacial score (nSPS) is 23.5. The number of hydrogen-bond donors (Lipinski definition) is 0. The molecule has 4 aromatic rings. The van der Waals surface area contributed by atoms with E-state index in [0.717, 1.165) is 0 Å². The van der Waals surface area contributed by atoms with Crippen LogP contribution in [-0.2, 0) is 0 Å². The fraction of sp³-hybridized carbons (Fsp3) is 0.161. The van der Waals surface area contributed by atoms with E-state index in [1.54, 1.807) is 0 Å². The van der Waals surface area contributed by atoms with Gasteiger partial charge in [0.05, 0.1) is 0 Å². The Kier molecular flexibility index (Phi) is 5.98. The molecule has 162 valence electrons. The molecule has 1 unspecified atom stereocenters. The van der Waals surface area contributed by atoms with Crippen LogP contribution in [0.15, 0.2) is 133 Å². The summed E-state index contributed by atoms with van der Waals surface area (Å²) in [5.74, 6) is 1.34. The Hall–Kier alpha value is -2.52. The molecule has 6 rings (SSSR count). The molecule has 0 spiro atoms. The molecule has 0 nitrogen and oxygen atoms in total. The molecule has 2 bridgehead atoms. The van der Waals surface area contributed by atoms with Gasteiger partial charge in [0.1, 0.15) is 0 Å². The molecule has 1 saturated carbocycles. The van der Waals surface area contributed by atoms with Gasteiger partial charge in [-0.15, -0.1) is 0 Å². The summed E-state index contributed by atoms with van der Waals surface area (Å²) in [6, 6.07) is 45.4. The predicted octanol–water partition coefficient (Wildman–Crippen LogP) is 6.20. The molecular weight excluding hydrogens is 434 g/mol. The van der Waals surface area contributed by atoms with Crippen LogP contribution >= 0.6 is 15.8 Å². The zero-order valence-electron chi connectivity index (χ0n) is 18.6. The Labute approximate surface area is 199 Å².